The molecule has 1 fully saturated rings. The second kappa shape index (κ2) is 5.04. The van der Waals surface area contributed by atoms with Crippen molar-refractivity contribution in [3.05, 3.63) is 22.4 Å². The van der Waals surface area contributed by atoms with Crippen LogP contribution < -0.4 is 5.43 Å². The van der Waals surface area contributed by atoms with Gasteiger partial charge in [0.15, 0.2) is 0 Å². The molecule has 0 aromatic carbocycles. The van der Waals surface area contributed by atoms with Gasteiger partial charge in [-0.15, -0.1) is 11.3 Å². The van der Waals surface area contributed by atoms with E-state index in [2.05, 4.69) is 10.5 Å². The van der Waals surface area contributed by atoms with Crippen LogP contribution in [0, 0.1) is 0 Å². The number of amides is 1. The van der Waals surface area contributed by atoms with Crippen LogP contribution in [0.4, 0.5) is 0 Å². The molecular formula is C10H12N2O2S. The van der Waals surface area contributed by atoms with Crippen molar-refractivity contribution in [2.75, 3.05) is 6.61 Å². The molecule has 1 amide bonds. The topological polar surface area (TPSA) is 50.7 Å². The van der Waals surface area contributed by atoms with Crippen molar-refractivity contribution in [3.63, 3.8) is 0 Å². The van der Waals surface area contributed by atoms with Crippen molar-refractivity contribution >= 4 is 23.5 Å². The monoisotopic (exact) mass is 224 g/mol. The minimum atomic E-state index is -0.314. The Morgan fingerprint density at radius 2 is 2.67 bits per heavy atom. The van der Waals surface area contributed by atoms with Crippen LogP contribution >= 0.6 is 11.3 Å². The second-order valence-corrected chi connectivity index (χ2v) is 4.23. The van der Waals surface area contributed by atoms with E-state index in [-0.39, 0.29) is 12.0 Å². The average Bonchev–Trinajstić information content (AvgIpc) is 2.90. The average molecular weight is 224 g/mol. The molecule has 15 heavy (non-hydrogen) atoms. The van der Waals surface area contributed by atoms with Gasteiger partial charge >= 0.3 is 0 Å². The zero-order chi connectivity index (χ0) is 10.5. The highest BCUT2D eigenvalue weighted by Gasteiger charge is 2.22. The summed E-state index contributed by atoms with van der Waals surface area (Å²) < 4.78 is 5.22. The molecule has 80 valence electrons. The maximum atomic E-state index is 11.4. The summed E-state index contributed by atoms with van der Waals surface area (Å²) in [5, 5.41) is 5.83. The van der Waals surface area contributed by atoms with Crippen molar-refractivity contribution in [3.8, 4) is 0 Å². The third-order valence-electron chi connectivity index (χ3n) is 2.13. The van der Waals surface area contributed by atoms with Crippen LogP contribution in [0.1, 0.15) is 17.7 Å². The van der Waals surface area contributed by atoms with Crippen molar-refractivity contribution in [2.45, 2.75) is 18.9 Å². The molecule has 1 aromatic heterocycles. The highest BCUT2D eigenvalue weighted by atomic mass is 32.1. The quantitative estimate of drug-likeness (QED) is 0.623. The summed E-state index contributed by atoms with van der Waals surface area (Å²) in [5.41, 5.74) is 2.48. The number of carbonyl (C=O) groups excluding carboxylic acids is 1. The van der Waals surface area contributed by atoms with Gasteiger partial charge in [0.05, 0.1) is 6.21 Å². The maximum absolute atomic E-state index is 11.4. The van der Waals surface area contributed by atoms with E-state index in [1.54, 1.807) is 17.6 Å². The van der Waals surface area contributed by atoms with Gasteiger partial charge in [-0.1, -0.05) is 6.07 Å². The Morgan fingerprint density at radius 1 is 1.73 bits per heavy atom. The number of hydrazone groups is 1. The first-order chi connectivity index (χ1) is 7.36. The zero-order valence-corrected chi connectivity index (χ0v) is 9.00. The van der Waals surface area contributed by atoms with Crippen LogP contribution in [0.3, 0.4) is 0 Å². The number of hydrogen-bond acceptors (Lipinski definition) is 4. The first-order valence-electron chi connectivity index (χ1n) is 4.84. The number of nitrogens with one attached hydrogen (secondary N) is 1. The standard InChI is InChI=1S/C10H12N2O2S/c13-10(9-4-1-5-14-9)12-11-7-8-3-2-6-15-8/h2-3,6-7,9H,1,4-5H2,(H,12,13). The highest BCUT2D eigenvalue weighted by Crippen LogP contribution is 2.11. The van der Waals surface area contributed by atoms with E-state index < -0.39 is 0 Å². The van der Waals surface area contributed by atoms with Gasteiger partial charge in [0.1, 0.15) is 6.10 Å². The van der Waals surface area contributed by atoms with Crippen LogP contribution in [-0.4, -0.2) is 24.8 Å². The van der Waals surface area contributed by atoms with Gasteiger partial charge in [-0.2, -0.15) is 5.10 Å². The minimum Gasteiger partial charge on any atom is -0.368 e. The molecule has 2 heterocycles. The number of hydrogen-bond donors (Lipinski definition) is 1. The lowest BCUT2D eigenvalue weighted by atomic mass is 10.2. The summed E-state index contributed by atoms with van der Waals surface area (Å²) in [6.45, 7) is 0.673. The first-order valence-corrected chi connectivity index (χ1v) is 5.72. The van der Waals surface area contributed by atoms with Crippen molar-refractivity contribution in [1.29, 1.82) is 0 Å². The minimum absolute atomic E-state index is 0.152. The van der Waals surface area contributed by atoms with Gasteiger partial charge in [-0.25, -0.2) is 5.43 Å². The summed E-state index contributed by atoms with van der Waals surface area (Å²) in [5.74, 6) is -0.152. The molecule has 2 rings (SSSR count). The fourth-order valence-corrected chi connectivity index (χ4v) is 1.97. The van der Waals surface area contributed by atoms with Gasteiger partial charge in [0, 0.05) is 11.5 Å². The Balaban J connectivity index is 1.80. The van der Waals surface area contributed by atoms with Crippen LogP contribution in [-0.2, 0) is 9.53 Å². The lowest BCUT2D eigenvalue weighted by molar-refractivity contribution is -0.130. The smallest absolute Gasteiger partial charge is 0.269 e. The normalized spacial score (nSPS) is 20.9. The van der Waals surface area contributed by atoms with E-state index in [1.165, 1.54) is 0 Å². The molecule has 0 spiro atoms. The molecule has 5 heteroatoms. The molecule has 0 aliphatic carbocycles. The summed E-state index contributed by atoms with van der Waals surface area (Å²) in [4.78, 5) is 12.4. The molecule has 1 aromatic rings. The van der Waals surface area contributed by atoms with E-state index >= 15 is 0 Å². The number of ether oxygens (including phenoxy) is 1. The van der Waals surface area contributed by atoms with Gasteiger partial charge in [-0.05, 0) is 24.3 Å². The maximum Gasteiger partial charge on any atom is 0.269 e. The van der Waals surface area contributed by atoms with Crippen molar-refractivity contribution < 1.29 is 9.53 Å². The van der Waals surface area contributed by atoms with Gasteiger partial charge < -0.3 is 4.74 Å². The van der Waals surface area contributed by atoms with Gasteiger partial charge in [0.2, 0.25) is 0 Å². The fraction of sp³-hybridized carbons (Fsp3) is 0.400. The highest BCUT2D eigenvalue weighted by molar-refractivity contribution is 7.11. The van der Waals surface area contributed by atoms with E-state index in [4.69, 9.17) is 4.74 Å². The summed E-state index contributed by atoms with van der Waals surface area (Å²) in [6, 6.07) is 3.88. The molecule has 1 unspecified atom stereocenters. The number of nitrogens with zero attached hydrogens (tertiary/aromatic N) is 1. The largest absolute Gasteiger partial charge is 0.368 e. The Kier molecular flexibility index (Phi) is 3.47. The van der Waals surface area contributed by atoms with Crippen molar-refractivity contribution in [1.82, 2.24) is 5.43 Å². The van der Waals surface area contributed by atoms with Crippen LogP contribution in [0.15, 0.2) is 22.6 Å². The Bertz CT molecular complexity index is 342. The Labute approximate surface area is 91.9 Å². The van der Waals surface area contributed by atoms with Gasteiger partial charge in [-0.3, -0.25) is 4.79 Å². The first kappa shape index (κ1) is 10.3. The van der Waals surface area contributed by atoms with Crippen LogP contribution in [0.25, 0.3) is 0 Å². The third-order valence-corrected chi connectivity index (χ3v) is 2.94. The summed E-state index contributed by atoms with van der Waals surface area (Å²) in [6.07, 6.45) is 3.07. The molecule has 0 radical (unpaired) electrons. The molecule has 1 saturated heterocycles. The number of thiophene rings is 1. The Hall–Kier alpha value is -1.20. The predicted octanol–water partition coefficient (Wildman–Crippen LogP) is 1.38. The molecule has 0 saturated carbocycles. The van der Waals surface area contributed by atoms with Crippen molar-refractivity contribution in [2.24, 2.45) is 5.10 Å². The number of rotatable bonds is 3. The predicted molar refractivity (Wildman–Crippen MR) is 59.0 cm³/mol. The Morgan fingerprint density at radius 3 is 3.33 bits per heavy atom. The molecular weight excluding hydrogens is 212 g/mol. The molecule has 4 nitrogen and oxygen atoms in total. The van der Waals surface area contributed by atoms with E-state index in [0.29, 0.717) is 6.61 Å². The fourth-order valence-electron chi connectivity index (χ4n) is 1.38. The van der Waals surface area contributed by atoms with Gasteiger partial charge in [0.25, 0.3) is 5.91 Å². The second-order valence-electron chi connectivity index (χ2n) is 3.25. The lowest BCUT2D eigenvalue weighted by Gasteiger charge is -2.05. The van der Waals surface area contributed by atoms with E-state index in [0.717, 1.165) is 17.7 Å². The molecule has 1 aliphatic heterocycles. The van der Waals surface area contributed by atoms with E-state index in [1.807, 2.05) is 17.5 Å². The molecule has 1 atom stereocenters. The summed E-state index contributed by atoms with van der Waals surface area (Å²) >= 11 is 1.57. The van der Waals surface area contributed by atoms with Crippen LogP contribution in [0.2, 0.25) is 0 Å². The van der Waals surface area contributed by atoms with Crippen LogP contribution in [0.5, 0.6) is 0 Å². The third kappa shape index (κ3) is 2.87. The van der Waals surface area contributed by atoms with E-state index in [9.17, 15) is 4.79 Å². The number of carbonyl (C=O) groups is 1. The molecule has 0 bridgehead atoms. The zero-order valence-electron chi connectivity index (χ0n) is 8.18. The lowest BCUT2D eigenvalue weighted by Crippen LogP contribution is -2.30. The SMILES string of the molecule is O=C(NN=Cc1cccs1)C1CCCO1. The summed E-state index contributed by atoms with van der Waals surface area (Å²) in [7, 11) is 0. The molecule has 1 aliphatic rings. The molecule has 1 N–H and O–H groups in total.